The van der Waals surface area contributed by atoms with Crippen LogP contribution in [0.1, 0.15) is 24.0 Å². The highest BCUT2D eigenvalue weighted by atomic mass is 32.2. The minimum absolute atomic E-state index is 0.0424. The first-order valence-electron chi connectivity index (χ1n) is 6.29. The predicted octanol–water partition coefficient (Wildman–Crippen LogP) is 1.38. The molecular formula is C13H18FNO3S. The molecular weight excluding hydrogens is 269 g/mol. The Morgan fingerprint density at radius 3 is 2.84 bits per heavy atom. The highest BCUT2D eigenvalue weighted by molar-refractivity contribution is 7.90. The summed E-state index contributed by atoms with van der Waals surface area (Å²) in [6.45, 7) is 0.871. The summed E-state index contributed by atoms with van der Waals surface area (Å²) in [5, 5.41) is 0. The van der Waals surface area contributed by atoms with Gasteiger partial charge in [-0.2, -0.15) is 0 Å². The number of nitrogens with two attached hydrogens (primary N) is 1. The van der Waals surface area contributed by atoms with Crippen molar-refractivity contribution in [1.82, 2.24) is 0 Å². The summed E-state index contributed by atoms with van der Waals surface area (Å²) in [6.07, 6.45) is 1.40. The van der Waals surface area contributed by atoms with Gasteiger partial charge in [0.2, 0.25) is 0 Å². The number of halogens is 1. The van der Waals surface area contributed by atoms with E-state index in [9.17, 15) is 12.8 Å². The Kier molecular flexibility index (Phi) is 4.54. The fourth-order valence-corrected chi connectivity index (χ4v) is 3.86. The molecule has 0 aliphatic carbocycles. The van der Waals surface area contributed by atoms with Gasteiger partial charge in [0.15, 0.2) is 9.84 Å². The average Bonchev–Trinajstić information content (AvgIpc) is 2.83. The van der Waals surface area contributed by atoms with Gasteiger partial charge in [-0.1, -0.05) is 12.1 Å². The molecule has 1 fully saturated rings. The zero-order valence-electron chi connectivity index (χ0n) is 10.6. The van der Waals surface area contributed by atoms with Crippen LogP contribution < -0.4 is 5.73 Å². The van der Waals surface area contributed by atoms with Gasteiger partial charge in [0.1, 0.15) is 5.82 Å². The molecule has 1 atom stereocenters. The van der Waals surface area contributed by atoms with Crippen LogP contribution in [0.25, 0.3) is 0 Å². The molecule has 1 aromatic rings. The van der Waals surface area contributed by atoms with Gasteiger partial charge in [0.05, 0.1) is 17.6 Å². The number of hydrogen-bond donors (Lipinski definition) is 1. The smallest absolute Gasteiger partial charge is 0.157 e. The van der Waals surface area contributed by atoms with Crippen molar-refractivity contribution in [2.24, 2.45) is 5.73 Å². The van der Waals surface area contributed by atoms with Crippen LogP contribution in [0.15, 0.2) is 18.2 Å². The van der Waals surface area contributed by atoms with E-state index >= 15 is 0 Å². The Morgan fingerprint density at radius 2 is 2.21 bits per heavy atom. The Balaban J connectivity index is 2.10. The summed E-state index contributed by atoms with van der Waals surface area (Å²) >= 11 is 0. The summed E-state index contributed by atoms with van der Waals surface area (Å²) in [6, 6.07) is 4.34. The van der Waals surface area contributed by atoms with Crippen LogP contribution in [0.5, 0.6) is 0 Å². The minimum atomic E-state index is -3.37. The van der Waals surface area contributed by atoms with Crippen molar-refractivity contribution in [1.29, 1.82) is 0 Å². The molecule has 1 heterocycles. The molecule has 4 nitrogen and oxygen atoms in total. The Morgan fingerprint density at radius 1 is 1.42 bits per heavy atom. The monoisotopic (exact) mass is 287 g/mol. The van der Waals surface area contributed by atoms with Gasteiger partial charge in [-0.15, -0.1) is 0 Å². The summed E-state index contributed by atoms with van der Waals surface area (Å²) in [5.74, 6) is -0.848. The maximum atomic E-state index is 13.6. The summed E-state index contributed by atoms with van der Waals surface area (Å²) < 4.78 is 43.0. The van der Waals surface area contributed by atoms with Crippen LogP contribution in [-0.2, 0) is 26.9 Å². The fraction of sp³-hybridized carbons (Fsp3) is 0.538. The second-order valence-corrected chi connectivity index (χ2v) is 6.93. The molecule has 0 radical (unpaired) electrons. The van der Waals surface area contributed by atoms with Crippen LogP contribution in [0.3, 0.4) is 0 Å². The van der Waals surface area contributed by atoms with E-state index in [-0.39, 0.29) is 29.7 Å². The predicted molar refractivity (Wildman–Crippen MR) is 70.8 cm³/mol. The molecule has 1 aliphatic heterocycles. The zero-order chi connectivity index (χ0) is 13.9. The average molecular weight is 287 g/mol. The first-order valence-corrected chi connectivity index (χ1v) is 8.12. The van der Waals surface area contributed by atoms with Crippen molar-refractivity contribution in [2.75, 3.05) is 12.4 Å². The third kappa shape index (κ3) is 3.99. The molecule has 106 valence electrons. The molecule has 19 heavy (non-hydrogen) atoms. The first kappa shape index (κ1) is 14.4. The second kappa shape index (κ2) is 5.98. The Bertz CT molecular complexity index is 539. The molecule has 0 spiro atoms. The van der Waals surface area contributed by atoms with E-state index in [4.69, 9.17) is 10.5 Å². The van der Waals surface area contributed by atoms with E-state index in [2.05, 4.69) is 0 Å². The molecule has 0 saturated carbocycles. The van der Waals surface area contributed by atoms with E-state index in [1.54, 1.807) is 6.07 Å². The van der Waals surface area contributed by atoms with Crippen molar-refractivity contribution < 1.29 is 17.5 Å². The lowest BCUT2D eigenvalue weighted by molar-refractivity contribution is 0.127. The summed E-state index contributed by atoms with van der Waals surface area (Å²) in [4.78, 5) is 0. The molecule has 1 saturated heterocycles. The van der Waals surface area contributed by atoms with Gasteiger partial charge >= 0.3 is 0 Å². The third-order valence-corrected chi connectivity index (χ3v) is 4.82. The fourth-order valence-electron chi connectivity index (χ4n) is 2.22. The van der Waals surface area contributed by atoms with Crippen LogP contribution in [0.4, 0.5) is 4.39 Å². The van der Waals surface area contributed by atoms with Gasteiger partial charge in [-0.25, -0.2) is 12.8 Å². The number of ether oxygens (including phenoxy) is 1. The van der Waals surface area contributed by atoms with E-state index in [1.165, 1.54) is 12.1 Å². The van der Waals surface area contributed by atoms with Gasteiger partial charge in [0.25, 0.3) is 0 Å². The molecule has 2 N–H and O–H groups in total. The van der Waals surface area contributed by atoms with Crippen LogP contribution in [0, 0.1) is 5.82 Å². The largest absolute Gasteiger partial charge is 0.377 e. The molecule has 6 heteroatoms. The molecule has 0 aromatic heterocycles. The van der Waals surface area contributed by atoms with Crippen molar-refractivity contribution in [3.63, 3.8) is 0 Å². The molecule has 1 aromatic carbocycles. The van der Waals surface area contributed by atoms with Gasteiger partial charge in [-0.05, 0) is 24.5 Å². The number of hydrogen-bond acceptors (Lipinski definition) is 4. The van der Waals surface area contributed by atoms with E-state index in [0.29, 0.717) is 6.61 Å². The maximum absolute atomic E-state index is 13.6. The SMILES string of the molecule is NCc1ccc(F)c(CS(=O)(=O)CC2CCCO2)c1. The van der Waals surface area contributed by atoms with Crippen LogP contribution in [0.2, 0.25) is 0 Å². The lowest BCUT2D eigenvalue weighted by Crippen LogP contribution is -2.21. The van der Waals surface area contributed by atoms with E-state index < -0.39 is 15.7 Å². The minimum Gasteiger partial charge on any atom is -0.377 e. The summed E-state index contributed by atoms with van der Waals surface area (Å²) in [7, 11) is -3.37. The molecule has 2 rings (SSSR count). The van der Waals surface area contributed by atoms with Gasteiger partial charge in [0, 0.05) is 18.7 Å². The molecule has 1 unspecified atom stereocenters. The quantitative estimate of drug-likeness (QED) is 0.888. The Hall–Kier alpha value is -0.980. The maximum Gasteiger partial charge on any atom is 0.157 e. The van der Waals surface area contributed by atoms with Crippen molar-refractivity contribution in [3.8, 4) is 0 Å². The van der Waals surface area contributed by atoms with Crippen molar-refractivity contribution in [2.45, 2.75) is 31.2 Å². The highest BCUT2D eigenvalue weighted by Crippen LogP contribution is 2.18. The lowest BCUT2D eigenvalue weighted by Gasteiger charge is -2.11. The van der Waals surface area contributed by atoms with Gasteiger partial charge < -0.3 is 10.5 Å². The van der Waals surface area contributed by atoms with Crippen molar-refractivity contribution >= 4 is 9.84 Å². The Labute approximate surface area is 112 Å². The topological polar surface area (TPSA) is 69.4 Å². The lowest BCUT2D eigenvalue weighted by atomic mass is 10.1. The third-order valence-electron chi connectivity index (χ3n) is 3.19. The standard InChI is InChI=1S/C13H18FNO3S/c14-13-4-3-10(7-15)6-11(13)8-19(16,17)9-12-2-1-5-18-12/h3-4,6,12H,1-2,5,7-9,15H2. The zero-order valence-corrected chi connectivity index (χ0v) is 11.5. The summed E-state index contributed by atoms with van der Waals surface area (Å²) in [5.41, 5.74) is 6.38. The molecule has 1 aliphatic rings. The number of rotatable bonds is 5. The van der Waals surface area contributed by atoms with E-state index in [0.717, 1.165) is 18.4 Å². The number of benzene rings is 1. The first-order chi connectivity index (χ1) is 9.00. The normalized spacial score (nSPS) is 19.8. The molecule has 0 amide bonds. The van der Waals surface area contributed by atoms with E-state index in [1.807, 2.05) is 0 Å². The number of sulfone groups is 1. The van der Waals surface area contributed by atoms with Gasteiger partial charge in [-0.3, -0.25) is 0 Å². The van der Waals surface area contributed by atoms with Crippen LogP contribution in [-0.4, -0.2) is 26.9 Å². The molecule has 0 bridgehead atoms. The second-order valence-electron chi connectivity index (χ2n) is 4.82. The highest BCUT2D eigenvalue weighted by Gasteiger charge is 2.24. The van der Waals surface area contributed by atoms with Crippen LogP contribution >= 0.6 is 0 Å². The van der Waals surface area contributed by atoms with Crippen molar-refractivity contribution in [3.05, 3.63) is 35.1 Å².